The lowest BCUT2D eigenvalue weighted by Gasteiger charge is -2.38. The Morgan fingerprint density at radius 2 is 1.47 bits per heavy atom. The molecule has 34 heavy (non-hydrogen) atoms. The molecule has 0 saturated carbocycles. The van der Waals surface area contributed by atoms with E-state index in [1.54, 1.807) is 24.3 Å². The minimum absolute atomic E-state index is 0.0237. The Labute approximate surface area is 206 Å². The van der Waals surface area contributed by atoms with Crippen LogP contribution in [-0.2, 0) is 4.79 Å². The zero-order chi connectivity index (χ0) is 24.1. The van der Waals surface area contributed by atoms with Crippen LogP contribution in [0.4, 0.5) is 0 Å². The molecule has 1 atom stereocenters. The van der Waals surface area contributed by atoms with E-state index >= 15 is 0 Å². The van der Waals surface area contributed by atoms with E-state index in [1.807, 2.05) is 41.0 Å². The highest BCUT2D eigenvalue weighted by molar-refractivity contribution is 6.33. The fourth-order valence-corrected chi connectivity index (χ4v) is 5.20. The zero-order valence-electron chi connectivity index (χ0n) is 19.6. The molecule has 0 aliphatic carbocycles. The van der Waals surface area contributed by atoms with Gasteiger partial charge in [-0.15, -0.1) is 0 Å². The van der Waals surface area contributed by atoms with Crippen molar-refractivity contribution in [1.82, 2.24) is 15.1 Å². The number of carbonyl (C=O) groups is 3. The van der Waals surface area contributed by atoms with Crippen molar-refractivity contribution in [2.45, 2.75) is 45.1 Å². The number of rotatable bonds is 5. The average Bonchev–Trinajstić information content (AvgIpc) is 2.87. The summed E-state index contributed by atoms with van der Waals surface area (Å²) in [5, 5.41) is 3.37. The molecule has 180 valence electrons. The van der Waals surface area contributed by atoms with Crippen molar-refractivity contribution in [3.63, 3.8) is 0 Å². The van der Waals surface area contributed by atoms with Gasteiger partial charge in [0, 0.05) is 31.7 Å². The Hall–Kier alpha value is -2.86. The van der Waals surface area contributed by atoms with E-state index in [9.17, 15) is 14.4 Å². The number of benzene rings is 2. The van der Waals surface area contributed by atoms with Crippen molar-refractivity contribution in [3.05, 3.63) is 70.2 Å². The van der Waals surface area contributed by atoms with Crippen LogP contribution in [-0.4, -0.2) is 59.7 Å². The molecule has 1 N–H and O–H groups in total. The number of likely N-dealkylation sites (tertiary alicyclic amines) is 2. The fraction of sp³-hybridized carbons (Fsp3) is 0.444. The number of halogens is 1. The highest BCUT2D eigenvalue weighted by atomic mass is 35.5. The molecule has 2 fully saturated rings. The second kappa shape index (κ2) is 11.0. The maximum atomic E-state index is 13.5. The van der Waals surface area contributed by atoms with Crippen molar-refractivity contribution in [2.24, 2.45) is 5.92 Å². The molecule has 0 aromatic heterocycles. The van der Waals surface area contributed by atoms with Gasteiger partial charge >= 0.3 is 0 Å². The molecule has 0 bridgehead atoms. The van der Waals surface area contributed by atoms with Crippen molar-refractivity contribution in [3.8, 4) is 0 Å². The maximum absolute atomic E-state index is 13.5. The van der Waals surface area contributed by atoms with Gasteiger partial charge in [-0.05, 0) is 68.7 Å². The Morgan fingerprint density at radius 1 is 0.853 bits per heavy atom. The molecule has 0 radical (unpaired) electrons. The number of carbonyl (C=O) groups excluding carboxylic acids is 3. The lowest BCUT2D eigenvalue weighted by Crippen LogP contribution is -2.55. The van der Waals surface area contributed by atoms with Gasteiger partial charge in [-0.2, -0.15) is 0 Å². The number of amides is 3. The van der Waals surface area contributed by atoms with E-state index in [0.29, 0.717) is 42.1 Å². The van der Waals surface area contributed by atoms with Crippen molar-refractivity contribution >= 4 is 29.3 Å². The Balaban J connectivity index is 1.48. The molecule has 2 saturated heterocycles. The summed E-state index contributed by atoms with van der Waals surface area (Å²) >= 11 is 6.24. The molecule has 6 nitrogen and oxygen atoms in total. The summed E-state index contributed by atoms with van der Waals surface area (Å²) in [5.74, 6) is -0.375. The van der Waals surface area contributed by atoms with Crippen molar-refractivity contribution in [2.75, 3.05) is 26.2 Å². The van der Waals surface area contributed by atoms with E-state index in [0.717, 1.165) is 37.9 Å². The molecule has 2 aliphatic rings. The van der Waals surface area contributed by atoms with Crippen LogP contribution >= 0.6 is 11.6 Å². The van der Waals surface area contributed by atoms with Crippen molar-refractivity contribution in [1.29, 1.82) is 0 Å². The lowest BCUT2D eigenvalue weighted by molar-refractivity contribution is -0.136. The number of nitrogens with one attached hydrogen (secondary N) is 1. The largest absolute Gasteiger partial charge is 0.341 e. The van der Waals surface area contributed by atoms with Gasteiger partial charge in [0.2, 0.25) is 5.91 Å². The smallest absolute Gasteiger partial charge is 0.254 e. The fourth-order valence-electron chi connectivity index (χ4n) is 4.98. The van der Waals surface area contributed by atoms with E-state index in [4.69, 9.17) is 11.6 Å². The highest BCUT2D eigenvalue weighted by Gasteiger charge is 2.37. The number of piperidine rings is 2. The van der Waals surface area contributed by atoms with Crippen LogP contribution in [0.2, 0.25) is 5.02 Å². The first-order chi connectivity index (χ1) is 16.5. The molecule has 0 spiro atoms. The van der Waals surface area contributed by atoms with E-state index in [-0.39, 0.29) is 23.6 Å². The standard InChI is InChI=1S/C27H32ClN3O3/c1-19-9-3-4-10-21(19)26(33)31-17-13-20(14-18-31)24(27(34)30-15-7-2-8-16-30)29-25(32)22-11-5-6-12-23(22)28/h3-6,9-12,20,24H,2,7-8,13-18H2,1H3,(H,29,32)/t24-/m0/s1. The summed E-state index contributed by atoms with van der Waals surface area (Å²) in [6.45, 7) is 4.51. The first-order valence-corrected chi connectivity index (χ1v) is 12.5. The summed E-state index contributed by atoms with van der Waals surface area (Å²) < 4.78 is 0. The van der Waals surface area contributed by atoms with Gasteiger partial charge in [0.25, 0.3) is 11.8 Å². The summed E-state index contributed by atoms with van der Waals surface area (Å²) in [6, 6.07) is 13.9. The van der Waals surface area contributed by atoms with Crippen LogP contribution in [0.5, 0.6) is 0 Å². The van der Waals surface area contributed by atoms with Gasteiger partial charge in [-0.3, -0.25) is 14.4 Å². The molecule has 2 heterocycles. The van der Waals surface area contributed by atoms with Crippen LogP contribution in [0.25, 0.3) is 0 Å². The topological polar surface area (TPSA) is 69.7 Å². The predicted molar refractivity (Wildman–Crippen MR) is 133 cm³/mol. The second-order valence-corrected chi connectivity index (χ2v) is 9.67. The van der Waals surface area contributed by atoms with Crippen molar-refractivity contribution < 1.29 is 14.4 Å². The molecule has 2 aliphatic heterocycles. The third-order valence-corrected chi connectivity index (χ3v) is 7.34. The van der Waals surface area contributed by atoms with Gasteiger partial charge in [0.1, 0.15) is 6.04 Å². The number of aryl methyl sites for hydroxylation is 1. The van der Waals surface area contributed by atoms with Gasteiger partial charge in [0.15, 0.2) is 0 Å². The Bertz CT molecular complexity index is 1040. The summed E-state index contributed by atoms with van der Waals surface area (Å²) in [7, 11) is 0. The van der Waals surface area contributed by atoms with Crippen LogP contribution in [0, 0.1) is 12.8 Å². The molecule has 2 aromatic carbocycles. The normalized spacial score (nSPS) is 17.8. The van der Waals surface area contributed by atoms with Gasteiger partial charge in [-0.1, -0.05) is 41.9 Å². The molecule has 2 aromatic rings. The molecule has 4 rings (SSSR count). The van der Waals surface area contributed by atoms with Gasteiger partial charge < -0.3 is 15.1 Å². The van der Waals surface area contributed by atoms with Crippen LogP contribution in [0.3, 0.4) is 0 Å². The lowest BCUT2D eigenvalue weighted by atomic mass is 9.87. The highest BCUT2D eigenvalue weighted by Crippen LogP contribution is 2.26. The minimum Gasteiger partial charge on any atom is -0.341 e. The number of hydrogen-bond acceptors (Lipinski definition) is 3. The number of nitrogens with zero attached hydrogens (tertiary/aromatic N) is 2. The van der Waals surface area contributed by atoms with Gasteiger partial charge in [0.05, 0.1) is 10.6 Å². The quantitative estimate of drug-likeness (QED) is 0.691. The van der Waals surface area contributed by atoms with Crippen LogP contribution in [0.1, 0.15) is 58.4 Å². The predicted octanol–water partition coefficient (Wildman–Crippen LogP) is 4.31. The van der Waals surface area contributed by atoms with E-state index in [1.165, 1.54) is 0 Å². The van der Waals surface area contributed by atoms with Crippen LogP contribution < -0.4 is 5.32 Å². The first kappa shape index (κ1) is 24.3. The molecule has 7 heteroatoms. The van der Waals surface area contributed by atoms with E-state index < -0.39 is 6.04 Å². The third-order valence-electron chi connectivity index (χ3n) is 7.01. The Morgan fingerprint density at radius 3 is 2.12 bits per heavy atom. The maximum Gasteiger partial charge on any atom is 0.254 e. The molecular formula is C27H32ClN3O3. The van der Waals surface area contributed by atoms with E-state index in [2.05, 4.69) is 5.32 Å². The third kappa shape index (κ3) is 5.44. The zero-order valence-corrected chi connectivity index (χ0v) is 20.4. The molecule has 3 amide bonds. The minimum atomic E-state index is -0.627. The Kier molecular flexibility index (Phi) is 7.88. The average molecular weight is 482 g/mol. The summed E-state index contributed by atoms with van der Waals surface area (Å²) in [4.78, 5) is 43.4. The first-order valence-electron chi connectivity index (χ1n) is 12.1. The monoisotopic (exact) mass is 481 g/mol. The summed E-state index contributed by atoms with van der Waals surface area (Å²) in [5.41, 5.74) is 2.04. The molecule has 0 unspecified atom stereocenters. The van der Waals surface area contributed by atoms with Gasteiger partial charge in [-0.25, -0.2) is 0 Å². The number of hydrogen-bond donors (Lipinski definition) is 1. The molecular weight excluding hydrogens is 450 g/mol. The summed E-state index contributed by atoms with van der Waals surface area (Å²) in [6.07, 6.45) is 4.41. The second-order valence-electron chi connectivity index (χ2n) is 9.26. The van der Waals surface area contributed by atoms with Crippen LogP contribution in [0.15, 0.2) is 48.5 Å². The SMILES string of the molecule is Cc1ccccc1C(=O)N1CCC([C@H](NC(=O)c2ccccc2Cl)C(=O)N2CCCCC2)CC1.